The Morgan fingerprint density at radius 2 is 1.75 bits per heavy atom. The largest absolute Gasteiger partial charge is 0.466 e. The van der Waals surface area contributed by atoms with Gasteiger partial charge in [0, 0.05) is 12.3 Å². The zero-order valence-corrected chi connectivity index (χ0v) is 15.5. The van der Waals surface area contributed by atoms with Crippen LogP contribution in [-0.2, 0) is 20.8 Å². The molecule has 24 heavy (non-hydrogen) atoms. The summed E-state index contributed by atoms with van der Waals surface area (Å²) < 4.78 is 4.95. The van der Waals surface area contributed by atoms with Gasteiger partial charge in [-0.05, 0) is 37.7 Å². The lowest BCUT2D eigenvalue weighted by Gasteiger charge is -2.21. The lowest BCUT2D eigenvalue weighted by molar-refractivity contribution is -0.141. The van der Waals surface area contributed by atoms with E-state index in [0.717, 1.165) is 37.8 Å². The van der Waals surface area contributed by atoms with E-state index in [2.05, 4.69) is 50.2 Å². The number of nitrogens with zero attached hydrogens (tertiary/aromatic N) is 1. The zero-order valence-electron chi connectivity index (χ0n) is 15.5. The van der Waals surface area contributed by atoms with Crippen LogP contribution in [0.15, 0.2) is 35.5 Å². The second kappa shape index (κ2) is 10.8. The number of esters is 1. The fourth-order valence-electron chi connectivity index (χ4n) is 2.28. The minimum absolute atomic E-state index is 0.0130. The third kappa shape index (κ3) is 9.33. The van der Waals surface area contributed by atoms with Crippen LogP contribution in [0, 0.1) is 5.41 Å². The van der Waals surface area contributed by atoms with Crippen LogP contribution in [0.2, 0.25) is 0 Å². The van der Waals surface area contributed by atoms with Crippen LogP contribution in [0.25, 0.3) is 0 Å². The number of unbranched alkanes of at least 4 members (excludes halogenated alkanes) is 1. The molecule has 4 heteroatoms. The summed E-state index contributed by atoms with van der Waals surface area (Å²) in [5.41, 5.74) is 2.37. The van der Waals surface area contributed by atoms with E-state index < -0.39 is 0 Å². The molecule has 4 nitrogen and oxygen atoms in total. The number of aryl methyl sites for hydroxylation is 1. The summed E-state index contributed by atoms with van der Waals surface area (Å²) >= 11 is 0. The molecule has 0 radical (unpaired) electrons. The molecule has 0 aliphatic rings. The summed E-state index contributed by atoms with van der Waals surface area (Å²) in [7, 11) is 0. The van der Waals surface area contributed by atoms with Crippen molar-refractivity contribution in [3.05, 3.63) is 35.9 Å². The molecule has 0 amide bonds. The topological polar surface area (TPSA) is 47.9 Å². The number of rotatable bonds is 10. The number of ether oxygens (including phenoxy) is 1. The van der Waals surface area contributed by atoms with E-state index in [0.29, 0.717) is 13.2 Å². The Kier molecular flexibility index (Phi) is 9.13. The van der Waals surface area contributed by atoms with Crippen LogP contribution in [-0.4, -0.2) is 24.9 Å². The van der Waals surface area contributed by atoms with Crippen molar-refractivity contribution in [3.8, 4) is 0 Å². The Labute approximate surface area is 146 Å². The molecule has 0 heterocycles. The van der Waals surface area contributed by atoms with E-state index in [4.69, 9.17) is 9.57 Å². The van der Waals surface area contributed by atoms with Gasteiger partial charge in [-0.1, -0.05) is 56.3 Å². The van der Waals surface area contributed by atoms with Crippen LogP contribution in [0.1, 0.15) is 58.9 Å². The SMILES string of the molecule is CC(=O)OCCCC/C(=N\OCCCc1ccccc1)C(C)(C)C. The summed E-state index contributed by atoms with van der Waals surface area (Å²) in [6.45, 7) is 8.97. The first-order valence-electron chi connectivity index (χ1n) is 8.76. The van der Waals surface area contributed by atoms with Gasteiger partial charge < -0.3 is 9.57 Å². The highest BCUT2D eigenvalue weighted by molar-refractivity contribution is 5.88. The molecule has 1 rings (SSSR count). The van der Waals surface area contributed by atoms with Gasteiger partial charge in [-0.3, -0.25) is 4.79 Å². The predicted octanol–water partition coefficient (Wildman–Crippen LogP) is 4.77. The zero-order chi connectivity index (χ0) is 17.8. The molecule has 1 aromatic rings. The highest BCUT2D eigenvalue weighted by Crippen LogP contribution is 2.20. The van der Waals surface area contributed by atoms with Gasteiger partial charge in [-0.2, -0.15) is 0 Å². The highest BCUT2D eigenvalue weighted by atomic mass is 16.6. The van der Waals surface area contributed by atoms with E-state index in [1.807, 2.05) is 6.07 Å². The van der Waals surface area contributed by atoms with E-state index in [-0.39, 0.29) is 11.4 Å². The maximum Gasteiger partial charge on any atom is 0.302 e. The summed E-state index contributed by atoms with van der Waals surface area (Å²) in [5.74, 6) is -0.221. The molecule has 0 N–H and O–H groups in total. The van der Waals surface area contributed by atoms with Crippen molar-refractivity contribution >= 4 is 11.7 Å². The van der Waals surface area contributed by atoms with Crippen LogP contribution in [0.4, 0.5) is 0 Å². The minimum atomic E-state index is -0.221. The molecule has 0 bridgehead atoms. The van der Waals surface area contributed by atoms with E-state index in [9.17, 15) is 4.79 Å². The molecule has 0 fully saturated rings. The minimum Gasteiger partial charge on any atom is -0.466 e. The Hall–Kier alpha value is -1.84. The number of carbonyl (C=O) groups is 1. The first-order chi connectivity index (χ1) is 11.4. The molecule has 1 aromatic carbocycles. The van der Waals surface area contributed by atoms with Gasteiger partial charge in [-0.25, -0.2) is 0 Å². The molecule has 0 aliphatic carbocycles. The molecule has 0 spiro atoms. The van der Waals surface area contributed by atoms with Crippen molar-refractivity contribution in [2.75, 3.05) is 13.2 Å². The van der Waals surface area contributed by atoms with Gasteiger partial charge in [-0.15, -0.1) is 0 Å². The monoisotopic (exact) mass is 333 g/mol. The molecule has 0 aromatic heterocycles. The van der Waals surface area contributed by atoms with Crippen LogP contribution in [0.3, 0.4) is 0 Å². The summed E-state index contributed by atoms with van der Waals surface area (Å²) in [4.78, 5) is 16.3. The second-order valence-electron chi connectivity index (χ2n) is 7.01. The van der Waals surface area contributed by atoms with E-state index in [1.165, 1.54) is 12.5 Å². The molecule has 0 aliphatic heterocycles. The number of hydrogen-bond acceptors (Lipinski definition) is 4. The number of benzene rings is 1. The summed E-state index contributed by atoms with van der Waals surface area (Å²) in [6, 6.07) is 10.4. The van der Waals surface area contributed by atoms with Crippen molar-refractivity contribution in [3.63, 3.8) is 0 Å². The van der Waals surface area contributed by atoms with Crippen molar-refractivity contribution in [1.82, 2.24) is 0 Å². The average Bonchev–Trinajstić information content (AvgIpc) is 2.52. The first kappa shape index (κ1) is 20.2. The van der Waals surface area contributed by atoms with Crippen LogP contribution >= 0.6 is 0 Å². The molecule has 0 saturated heterocycles. The smallest absolute Gasteiger partial charge is 0.302 e. The lowest BCUT2D eigenvalue weighted by atomic mass is 9.87. The van der Waals surface area contributed by atoms with Crippen LogP contribution in [0.5, 0.6) is 0 Å². The summed E-state index contributed by atoms with van der Waals surface area (Å²) in [5, 5.41) is 4.37. The molecule has 0 saturated carbocycles. The van der Waals surface area contributed by atoms with Crippen molar-refractivity contribution in [2.24, 2.45) is 10.6 Å². The van der Waals surface area contributed by atoms with Crippen molar-refractivity contribution in [2.45, 2.75) is 59.8 Å². The Morgan fingerprint density at radius 3 is 2.38 bits per heavy atom. The van der Waals surface area contributed by atoms with Gasteiger partial charge in [0.1, 0.15) is 6.61 Å². The van der Waals surface area contributed by atoms with Gasteiger partial charge in [0.15, 0.2) is 0 Å². The molecular formula is C20H31NO3. The summed E-state index contributed by atoms with van der Waals surface area (Å²) in [6.07, 6.45) is 4.61. The quantitative estimate of drug-likeness (QED) is 0.268. The van der Waals surface area contributed by atoms with Gasteiger partial charge in [0.05, 0.1) is 12.3 Å². The van der Waals surface area contributed by atoms with Crippen LogP contribution < -0.4 is 0 Å². The second-order valence-corrected chi connectivity index (χ2v) is 7.01. The number of oxime groups is 1. The maximum absolute atomic E-state index is 10.7. The van der Waals surface area contributed by atoms with Crippen molar-refractivity contribution in [1.29, 1.82) is 0 Å². The molecule has 134 valence electrons. The van der Waals surface area contributed by atoms with Gasteiger partial charge in [0.25, 0.3) is 0 Å². The standard InChI is InChI=1S/C20H31NO3/c1-17(22)23-15-9-8-14-19(20(2,3)4)21-24-16-10-13-18-11-6-5-7-12-18/h5-7,11-12H,8-10,13-16H2,1-4H3/b21-19+. The average molecular weight is 333 g/mol. The van der Waals surface area contributed by atoms with Gasteiger partial charge >= 0.3 is 5.97 Å². The molecule has 0 unspecified atom stereocenters. The third-order valence-corrected chi connectivity index (χ3v) is 3.70. The van der Waals surface area contributed by atoms with Crippen molar-refractivity contribution < 1.29 is 14.4 Å². The lowest BCUT2D eigenvalue weighted by Crippen LogP contribution is -2.21. The Morgan fingerprint density at radius 1 is 1.04 bits per heavy atom. The highest BCUT2D eigenvalue weighted by Gasteiger charge is 2.19. The number of hydrogen-bond donors (Lipinski definition) is 0. The Balaban J connectivity index is 2.30. The third-order valence-electron chi connectivity index (χ3n) is 3.70. The van der Waals surface area contributed by atoms with E-state index in [1.54, 1.807) is 0 Å². The van der Waals surface area contributed by atoms with Gasteiger partial charge in [0.2, 0.25) is 0 Å². The molecular weight excluding hydrogens is 302 g/mol. The van der Waals surface area contributed by atoms with E-state index >= 15 is 0 Å². The maximum atomic E-state index is 10.7. The number of carbonyl (C=O) groups excluding carboxylic acids is 1. The predicted molar refractivity (Wildman–Crippen MR) is 98.1 cm³/mol. The fourth-order valence-corrected chi connectivity index (χ4v) is 2.28. The first-order valence-corrected chi connectivity index (χ1v) is 8.76. The normalized spacial score (nSPS) is 12.1. The Bertz CT molecular complexity index is 503. The fraction of sp³-hybridized carbons (Fsp3) is 0.600. The molecule has 0 atom stereocenters.